The maximum absolute atomic E-state index is 12.8. The molecule has 168 valence electrons. The van der Waals surface area contributed by atoms with Crippen LogP contribution in [0.15, 0.2) is 47.1 Å². The quantitative estimate of drug-likeness (QED) is 0.571. The molecule has 6 heteroatoms. The number of aromatic nitrogens is 1. The van der Waals surface area contributed by atoms with Crippen molar-refractivity contribution in [3.05, 3.63) is 76.4 Å². The highest BCUT2D eigenvalue weighted by Gasteiger charge is 2.21. The van der Waals surface area contributed by atoms with Gasteiger partial charge in [-0.1, -0.05) is 45.0 Å². The third kappa shape index (κ3) is 5.30. The van der Waals surface area contributed by atoms with Crippen LogP contribution in [0.3, 0.4) is 0 Å². The molecule has 1 aromatic carbocycles. The summed E-state index contributed by atoms with van der Waals surface area (Å²) in [7, 11) is 1.92. The number of hydrogen-bond donors (Lipinski definition) is 1. The van der Waals surface area contributed by atoms with Crippen molar-refractivity contribution in [3.8, 4) is 6.07 Å². The largest absolute Gasteiger partial charge is 0.467 e. The van der Waals surface area contributed by atoms with Gasteiger partial charge in [0.15, 0.2) is 0 Å². The number of likely N-dealkylation sites (N-methyl/N-ethyl adjacent to an activating group) is 1. The number of hydrogen-bond acceptors (Lipinski definition) is 4. The average molecular weight is 433 g/mol. The van der Waals surface area contributed by atoms with Gasteiger partial charge in [-0.2, -0.15) is 5.26 Å². The van der Waals surface area contributed by atoms with Crippen LogP contribution in [0.25, 0.3) is 0 Å². The Morgan fingerprint density at radius 2 is 1.88 bits per heavy atom. The summed E-state index contributed by atoms with van der Waals surface area (Å²) in [5.74, 6) is 1.12. The van der Waals surface area contributed by atoms with Gasteiger partial charge >= 0.3 is 0 Å². The Kier molecular flexibility index (Phi) is 6.90. The Morgan fingerprint density at radius 3 is 2.44 bits per heavy atom. The molecule has 0 aliphatic heterocycles. The third-order valence-electron chi connectivity index (χ3n) is 5.78. The highest BCUT2D eigenvalue weighted by atomic mass is 16.3. The van der Waals surface area contributed by atoms with Crippen LogP contribution in [0.5, 0.6) is 0 Å². The number of nitrogens with one attached hydrogen (secondary N) is 1. The van der Waals surface area contributed by atoms with Crippen molar-refractivity contribution in [2.45, 2.75) is 53.1 Å². The number of nitrogens with zero attached hydrogens (tertiary/aromatic N) is 3. The molecule has 32 heavy (non-hydrogen) atoms. The SMILES string of the molecule is Cc1c(C#N)c(NC(=O)CN(C)Cc2ccc(C(C)(C)C)cc2)n(Cc2ccco2)c1C. The summed E-state index contributed by atoms with van der Waals surface area (Å²) < 4.78 is 7.40. The first-order valence-corrected chi connectivity index (χ1v) is 10.8. The zero-order valence-electron chi connectivity index (χ0n) is 19.8. The van der Waals surface area contributed by atoms with E-state index in [0.717, 1.165) is 22.6 Å². The van der Waals surface area contributed by atoms with E-state index in [4.69, 9.17) is 4.42 Å². The molecule has 0 spiro atoms. The van der Waals surface area contributed by atoms with Crippen LogP contribution >= 0.6 is 0 Å². The third-order valence-corrected chi connectivity index (χ3v) is 5.78. The molecule has 6 nitrogen and oxygen atoms in total. The second-order valence-electron chi connectivity index (χ2n) is 9.38. The van der Waals surface area contributed by atoms with Gasteiger partial charge in [-0.3, -0.25) is 9.69 Å². The van der Waals surface area contributed by atoms with E-state index in [2.05, 4.69) is 56.4 Å². The molecule has 3 rings (SSSR count). The molecule has 0 aliphatic carbocycles. The van der Waals surface area contributed by atoms with Crippen LogP contribution in [-0.4, -0.2) is 29.0 Å². The van der Waals surface area contributed by atoms with E-state index in [0.29, 0.717) is 24.5 Å². The Labute approximate surface area is 190 Å². The van der Waals surface area contributed by atoms with Crippen LogP contribution in [0.2, 0.25) is 0 Å². The van der Waals surface area contributed by atoms with Crippen molar-refractivity contribution >= 4 is 11.7 Å². The average Bonchev–Trinajstić information content (AvgIpc) is 3.30. The molecular formula is C26H32N4O2. The number of amides is 1. The van der Waals surface area contributed by atoms with Crippen molar-refractivity contribution in [2.75, 3.05) is 18.9 Å². The Bertz CT molecular complexity index is 1110. The fourth-order valence-corrected chi connectivity index (χ4v) is 3.78. The van der Waals surface area contributed by atoms with Gasteiger partial charge in [0.25, 0.3) is 0 Å². The van der Waals surface area contributed by atoms with Gasteiger partial charge in [0.1, 0.15) is 17.6 Å². The van der Waals surface area contributed by atoms with E-state index in [1.54, 1.807) is 6.26 Å². The summed E-state index contributed by atoms with van der Waals surface area (Å²) in [6.45, 7) is 11.8. The van der Waals surface area contributed by atoms with E-state index in [1.807, 2.05) is 42.5 Å². The maximum Gasteiger partial charge on any atom is 0.239 e. The fraction of sp³-hybridized carbons (Fsp3) is 0.385. The minimum atomic E-state index is -0.159. The molecule has 0 saturated carbocycles. The first-order valence-electron chi connectivity index (χ1n) is 10.8. The van der Waals surface area contributed by atoms with Crippen molar-refractivity contribution in [2.24, 2.45) is 0 Å². The normalized spacial score (nSPS) is 11.6. The fourth-order valence-electron chi connectivity index (χ4n) is 3.78. The Hall–Kier alpha value is -3.30. The highest BCUT2D eigenvalue weighted by molar-refractivity contribution is 5.93. The first-order chi connectivity index (χ1) is 15.1. The minimum Gasteiger partial charge on any atom is -0.467 e. The zero-order valence-corrected chi connectivity index (χ0v) is 19.8. The Balaban J connectivity index is 1.70. The van der Waals surface area contributed by atoms with Gasteiger partial charge in [0.2, 0.25) is 5.91 Å². The van der Waals surface area contributed by atoms with E-state index < -0.39 is 0 Å². The van der Waals surface area contributed by atoms with Crippen LogP contribution in [0.1, 0.15) is 54.5 Å². The summed E-state index contributed by atoms with van der Waals surface area (Å²) in [5, 5.41) is 12.7. The first kappa shape index (κ1) is 23.4. The lowest BCUT2D eigenvalue weighted by atomic mass is 9.87. The standard InChI is InChI=1S/C26H32N4O2/c1-18-19(2)30(16-22-8-7-13-32-22)25(23(18)14-27)28-24(31)17-29(6)15-20-9-11-21(12-10-20)26(3,4)5/h7-13H,15-17H2,1-6H3,(H,28,31). The van der Waals surface area contributed by atoms with Gasteiger partial charge in [0.05, 0.1) is 24.9 Å². The molecule has 0 atom stereocenters. The summed E-state index contributed by atoms with van der Waals surface area (Å²) >= 11 is 0. The number of furan rings is 1. The predicted molar refractivity (Wildman–Crippen MR) is 127 cm³/mol. The lowest BCUT2D eigenvalue weighted by Crippen LogP contribution is -2.30. The van der Waals surface area contributed by atoms with Crippen LogP contribution < -0.4 is 5.32 Å². The molecule has 2 aromatic heterocycles. The Morgan fingerprint density at radius 1 is 1.19 bits per heavy atom. The molecule has 0 fully saturated rings. The van der Waals surface area contributed by atoms with Crippen LogP contribution in [-0.2, 0) is 23.3 Å². The molecule has 1 N–H and O–H groups in total. The van der Waals surface area contributed by atoms with Crippen molar-refractivity contribution < 1.29 is 9.21 Å². The summed E-state index contributed by atoms with van der Waals surface area (Å²) in [4.78, 5) is 14.8. The number of benzene rings is 1. The van der Waals surface area contributed by atoms with Crippen molar-refractivity contribution in [1.82, 2.24) is 9.47 Å². The lowest BCUT2D eigenvalue weighted by Gasteiger charge is -2.21. The summed E-state index contributed by atoms with van der Waals surface area (Å²) in [6.07, 6.45) is 1.62. The molecule has 1 amide bonds. The molecule has 0 aliphatic rings. The second-order valence-corrected chi connectivity index (χ2v) is 9.38. The molecule has 3 aromatic rings. The van der Waals surface area contributed by atoms with Crippen LogP contribution in [0, 0.1) is 25.2 Å². The van der Waals surface area contributed by atoms with Gasteiger partial charge < -0.3 is 14.3 Å². The van der Waals surface area contributed by atoms with Crippen molar-refractivity contribution in [3.63, 3.8) is 0 Å². The molecule has 2 heterocycles. The van der Waals surface area contributed by atoms with Crippen LogP contribution in [0.4, 0.5) is 5.82 Å². The number of carbonyl (C=O) groups is 1. The van der Waals surface area contributed by atoms with Gasteiger partial charge in [-0.05, 0) is 55.1 Å². The highest BCUT2D eigenvalue weighted by Crippen LogP contribution is 2.27. The lowest BCUT2D eigenvalue weighted by molar-refractivity contribution is -0.117. The molecule has 0 bridgehead atoms. The van der Waals surface area contributed by atoms with Gasteiger partial charge in [0, 0.05) is 12.2 Å². The van der Waals surface area contributed by atoms with E-state index in [9.17, 15) is 10.1 Å². The summed E-state index contributed by atoms with van der Waals surface area (Å²) in [5.41, 5.74) is 4.83. The zero-order chi connectivity index (χ0) is 23.5. The van der Waals surface area contributed by atoms with E-state index in [1.165, 1.54) is 5.56 Å². The molecule has 0 radical (unpaired) electrons. The maximum atomic E-state index is 12.8. The monoisotopic (exact) mass is 432 g/mol. The number of nitriles is 1. The topological polar surface area (TPSA) is 74.2 Å². The number of carbonyl (C=O) groups excluding carboxylic acids is 1. The number of anilines is 1. The molecule has 0 unspecified atom stereocenters. The van der Waals surface area contributed by atoms with Gasteiger partial charge in [-0.15, -0.1) is 0 Å². The van der Waals surface area contributed by atoms with Crippen molar-refractivity contribution in [1.29, 1.82) is 5.26 Å². The van der Waals surface area contributed by atoms with E-state index in [-0.39, 0.29) is 17.9 Å². The smallest absolute Gasteiger partial charge is 0.239 e. The number of rotatable bonds is 7. The minimum absolute atomic E-state index is 0.115. The predicted octanol–water partition coefficient (Wildman–Crippen LogP) is 4.99. The molecule has 0 saturated heterocycles. The van der Waals surface area contributed by atoms with E-state index >= 15 is 0 Å². The molecular weight excluding hydrogens is 400 g/mol. The van der Waals surface area contributed by atoms with Gasteiger partial charge in [-0.25, -0.2) is 0 Å². The second kappa shape index (κ2) is 9.46. The summed E-state index contributed by atoms with van der Waals surface area (Å²) in [6, 6.07) is 14.5.